The van der Waals surface area contributed by atoms with Crippen LogP contribution < -0.4 is 4.57 Å². The van der Waals surface area contributed by atoms with Crippen molar-refractivity contribution in [3.8, 4) is 0 Å². The summed E-state index contributed by atoms with van der Waals surface area (Å²) in [6, 6.07) is 22.7. The summed E-state index contributed by atoms with van der Waals surface area (Å²) in [5, 5.41) is 0. The molecule has 0 aliphatic rings. The van der Waals surface area contributed by atoms with Crippen LogP contribution in [0, 0.1) is 0 Å². The van der Waals surface area contributed by atoms with Crippen LogP contribution in [0.2, 0.25) is 0 Å². The van der Waals surface area contributed by atoms with E-state index in [0.29, 0.717) is 5.92 Å². The third kappa shape index (κ3) is 17.8. The van der Waals surface area contributed by atoms with Crippen molar-refractivity contribution in [1.29, 1.82) is 0 Å². The van der Waals surface area contributed by atoms with E-state index in [-0.39, 0.29) is 5.41 Å². The van der Waals surface area contributed by atoms with E-state index in [1.807, 2.05) is 0 Å². The van der Waals surface area contributed by atoms with Gasteiger partial charge in [-0.05, 0) is 36.8 Å². The SMILES string of the molecule is CCCCCCCCCCCCCCCCCC(c1[nH]cc[n+]1CCCCCCCCCCCCC)C(C)(Cc1ccccc1)c1ccccc1. The third-order valence-electron chi connectivity index (χ3n) is 11.8. The molecule has 0 amide bonds. The number of aromatic amines is 1. The van der Waals surface area contributed by atoms with Gasteiger partial charge in [-0.3, -0.25) is 0 Å². The summed E-state index contributed by atoms with van der Waals surface area (Å²) >= 11 is 0. The second-order valence-electron chi connectivity index (χ2n) is 16.3. The van der Waals surface area contributed by atoms with Crippen molar-refractivity contribution < 1.29 is 4.57 Å². The Balaban J connectivity index is 1.53. The molecule has 0 aliphatic heterocycles. The Morgan fingerprint density at radius 1 is 0.510 bits per heavy atom. The van der Waals surface area contributed by atoms with Gasteiger partial charge in [-0.15, -0.1) is 0 Å². The van der Waals surface area contributed by atoms with Crippen LogP contribution in [0.4, 0.5) is 0 Å². The molecule has 2 atom stereocenters. The Morgan fingerprint density at radius 3 is 1.39 bits per heavy atom. The first-order chi connectivity index (χ1) is 25.2. The summed E-state index contributed by atoms with van der Waals surface area (Å²) in [5.74, 6) is 1.87. The molecule has 2 unspecified atom stereocenters. The molecular formula is C49H81N2+. The van der Waals surface area contributed by atoms with Crippen molar-refractivity contribution in [3.63, 3.8) is 0 Å². The van der Waals surface area contributed by atoms with E-state index in [9.17, 15) is 0 Å². The summed E-state index contributed by atoms with van der Waals surface area (Å²) in [6.45, 7) is 8.30. The molecule has 3 aromatic rings. The molecule has 2 nitrogen and oxygen atoms in total. The van der Waals surface area contributed by atoms with Crippen LogP contribution in [0.15, 0.2) is 73.1 Å². The molecule has 0 radical (unpaired) electrons. The van der Waals surface area contributed by atoms with Gasteiger partial charge < -0.3 is 0 Å². The molecule has 2 heteroatoms. The first-order valence-corrected chi connectivity index (χ1v) is 22.3. The van der Waals surface area contributed by atoms with E-state index >= 15 is 0 Å². The molecule has 0 saturated carbocycles. The topological polar surface area (TPSA) is 19.7 Å². The fourth-order valence-electron chi connectivity index (χ4n) is 8.56. The largest absolute Gasteiger partial charge is 0.258 e. The lowest BCUT2D eigenvalue weighted by molar-refractivity contribution is -0.705. The van der Waals surface area contributed by atoms with E-state index in [0.717, 1.165) is 13.0 Å². The number of hydrogen-bond donors (Lipinski definition) is 1. The minimum Gasteiger partial charge on any atom is -0.247 e. The van der Waals surface area contributed by atoms with Crippen molar-refractivity contribution in [2.45, 2.75) is 218 Å². The van der Waals surface area contributed by atoms with Gasteiger partial charge in [0, 0.05) is 5.41 Å². The number of aromatic nitrogens is 2. The Hall–Kier alpha value is -2.35. The molecule has 3 rings (SSSR count). The third-order valence-corrected chi connectivity index (χ3v) is 11.8. The number of rotatable bonds is 33. The standard InChI is InChI=1S/C49H80N2/c1-4-6-8-10-12-14-16-17-18-19-20-22-24-26-34-40-47(49(3,46-38-32-29-33-39-46)44-45-36-30-28-31-37-45)48-50-41-43-51(48)42-35-27-25-23-21-15-13-11-9-7-5-2/h28-33,36-39,41,43,47H,4-27,34-35,40,42,44H2,1-3H3/p+1. The van der Waals surface area contributed by atoms with Gasteiger partial charge in [0.2, 0.25) is 0 Å². The normalized spacial score (nSPS) is 13.4. The molecule has 0 saturated heterocycles. The summed E-state index contributed by atoms with van der Waals surface area (Å²) in [4.78, 5) is 3.82. The lowest BCUT2D eigenvalue weighted by atomic mass is 9.66. The van der Waals surface area contributed by atoms with E-state index < -0.39 is 0 Å². The Kier molecular flexibility index (Phi) is 23.8. The van der Waals surface area contributed by atoms with Crippen molar-refractivity contribution in [1.82, 2.24) is 4.98 Å². The zero-order chi connectivity index (χ0) is 36.1. The predicted octanol–water partition coefficient (Wildman–Crippen LogP) is 15.2. The maximum Gasteiger partial charge on any atom is 0.258 e. The second-order valence-corrected chi connectivity index (χ2v) is 16.3. The molecule has 1 heterocycles. The van der Waals surface area contributed by atoms with Gasteiger partial charge in [-0.1, -0.05) is 236 Å². The molecule has 0 fully saturated rings. The number of benzene rings is 2. The molecule has 1 N–H and O–H groups in total. The zero-order valence-electron chi connectivity index (χ0n) is 34.0. The van der Waals surface area contributed by atoms with Crippen LogP contribution in [0.25, 0.3) is 0 Å². The van der Waals surface area contributed by atoms with E-state index in [1.165, 1.54) is 190 Å². The second kappa shape index (κ2) is 28.2. The smallest absolute Gasteiger partial charge is 0.247 e. The molecule has 51 heavy (non-hydrogen) atoms. The quantitative estimate of drug-likeness (QED) is 0.0483. The number of nitrogens with one attached hydrogen (secondary N) is 1. The zero-order valence-corrected chi connectivity index (χ0v) is 34.0. The fourth-order valence-corrected chi connectivity index (χ4v) is 8.56. The van der Waals surface area contributed by atoms with Crippen LogP contribution >= 0.6 is 0 Å². The van der Waals surface area contributed by atoms with Crippen LogP contribution in [0.3, 0.4) is 0 Å². The number of hydrogen-bond acceptors (Lipinski definition) is 0. The first-order valence-electron chi connectivity index (χ1n) is 22.3. The van der Waals surface area contributed by atoms with Crippen LogP contribution in [-0.2, 0) is 18.4 Å². The number of H-pyrrole nitrogens is 1. The molecular weight excluding hydrogens is 617 g/mol. The van der Waals surface area contributed by atoms with Gasteiger partial charge in [0.1, 0.15) is 12.4 Å². The summed E-state index contributed by atoms with van der Waals surface area (Å²) < 4.78 is 2.59. The lowest BCUT2D eigenvalue weighted by Crippen LogP contribution is -2.43. The average Bonchev–Trinajstić information content (AvgIpc) is 3.62. The number of aryl methyl sites for hydroxylation is 1. The molecule has 1 aromatic heterocycles. The highest BCUT2D eigenvalue weighted by atomic mass is 15.1. The van der Waals surface area contributed by atoms with Crippen molar-refractivity contribution >= 4 is 0 Å². The minimum absolute atomic E-state index is 0.00233. The average molecular weight is 698 g/mol. The summed E-state index contributed by atoms with van der Waals surface area (Å²) in [6.07, 6.45) is 43.4. The maximum atomic E-state index is 3.82. The molecule has 0 spiro atoms. The van der Waals surface area contributed by atoms with E-state index in [1.54, 1.807) is 0 Å². The van der Waals surface area contributed by atoms with Gasteiger partial charge in [-0.25, -0.2) is 9.55 Å². The Bertz CT molecular complexity index is 1180. The Morgan fingerprint density at radius 2 is 0.922 bits per heavy atom. The molecule has 286 valence electrons. The van der Waals surface area contributed by atoms with Crippen molar-refractivity contribution in [2.24, 2.45) is 0 Å². The van der Waals surface area contributed by atoms with Crippen LogP contribution in [0.5, 0.6) is 0 Å². The van der Waals surface area contributed by atoms with Crippen LogP contribution in [-0.4, -0.2) is 4.98 Å². The van der Waals surface area contributed by atoms with Gasteiger partial charge in [-0.2, -0.15) is 0 Å². The molecule has 2 aromatic carbocycles. The summed E-state index contributed by atoms with van der Waals surface area (Å²) in [5.41, 5.74) is 2.91. The van der Waals surface area contributed by atoms with Gasteiger partial charge in [0.15, 0.2) is 0 Å². The van der Waals surface area contributed by atoms with Gasteiger partial charge >= 0.3 is 0 Å². The number of imidazole rings is 1. The molecule has 0 aliphatic carbocycles. The highest BCUT2D eigenvalue weighted by Gasteiger charge is 2.41. The van der Waals surface area contributed by atoms with Gasteiger partial charge in [0.05, 0.1) is 12.5 Å². The van der Waals surface area contributed by atoms with E-state index in [2.05, 4.69) is 103 Å². The van der Waals surface area contributed by atoms with Crippen molar-refractivity contribution in [3.05, 3.63) is 90.0 Å². The number of nitrogens with zero attached hydrogens (tertiary/aromatic N) is 1. The lowest BCUT2D eigenvalue weighted by Gasteiger charge is -2.37. The van der Waals surface area contributed by atoms with Gasteiger partial charge in [0.25, 0.3) is 5.82 Å². The maximum absolute atomic E-state index is 3.82. The van der Waals surface area contributed by atoms with Crippen LogP contribution in [0.1, 0.15) is 217 Å². The predicted molar refractivity (Wildman–Crippen MR) is 224 cm³/mol. The molecule has 0 bridgehead atoms. The first kappa shape index (κ1) is 43.1. The monoisotopic (exact) mass is 698 g/mol. The number of unbranched alkanes of at least 4 members (excludes halogenated alkanes) is 24. The fraction of sp³-hybridized carbons (Fsp3) is 0.694. The highest BCUT2D eigenvalue weighted by Crippen LogP contribution is 2.43. The summed E-state index contributed by atoms with van der Waals surface area (Å²) in [7, 11) is 0. The van der Waals surface area contributed by atoms with Crippen molar-refractivity contribution in [2.75, 3.05) is 0 Å². The minimum atomic E-state index is 0.00233. The van der Waals surface area contributed by atoms with E-state index in [4.69, 9.17) is 0 Å². The highest BCUT2D eigenvalue weighted by molar-refractivity contribution is 5.32. The Labute approximate surface area is 317 Å².